The zero-order valence-corrected chi connectivity index (χ0v) is 19.8. The van der Waals surface area contributed by atoms with Gasteiger partial charge in [0.2, 0.25) is 11.8 Å². The van der Waals surface area contributed by atoms with Gasteiger partial charge < -0.3 is 15.5 Å². The molecule has 0 radical (unpaired) electrons. The summed E-state index contributed by atoms with van der Waals surface area (Å²) in [6.07, 6.45) is 3.29. The van der Waals surface area contributed by atoms with E-state index in [2.05, 4.69) is 20.6 Å². The van der Waals surface area contributed by atoms with Crippen molar-refractivity contribution in [3.63, 3.8) is 0 Å². The number of hydrogen-bond acceptors (Lipinski definition) is 7. The summed E-state index contributed by atoms with van der Waals surface area (Å²) < 4.78 is 42.3. The summed E-state index contributed by atoms with van der Waals surface area (Å²) in [6, 6.07) is -0.274. The first-order valence-electron chi connectivity index (χ1n) is 10.4. The predicted octanol–water partition coefficient (Wildman–Crippen LogP) is 1.91. The van der Waals surface area contributed by atoms with E-state index in [0.717, 1.165) is 16.4 Å². The van der Waals surface area contributed by atoms with Crippen molar-refractivity contribution in [2.75, 3.05) is 13.1 Å². The number of rotatable bonds is 5. The second kappa shape index (κ2) is 9.50. The van der Waals surface area contributed by atoms with Crippen LogP contribution in [0.25, 0.3) is 10.1 Å². The summed E-state index contributed by atoms with van der Waals surface area (Å²) >= 11 is 1.09. The summed E-state index contributed by atoms with van der Waals surface area (Å²) in [5, 5.41) is 14.4. The molecular formula is C22H21F3N6O3S. The molecule has 13 heteroatoms. The van der Waals surface area contributed by atoms with Gasteiger partial charge in [0.25, 0.3) is 0 Å². The maximum atomic E-state index is 13.3. The highest BCUT2D eigenvalue weighted by Crippen LogP contribution is 2.40. The standard InChI is InChI=1S/C22H21F3N6O3S/c1-5-13-17-12(7-27-8-15(17)35-30-13)14(6-26)29-19(33)18-11(2)21(3,4)10-31(18)16(32)9-28-20(34)22(23,24)25/h1,7-8,11,14,18H,9-10H2,2-4H3,(H,28,34)(H,29,33)/t11-,14?,18-/m0/s1. The van der Waals surface area contributed by atoms with E-state index in [9.17, 15) is 32.8 Å². The van der Waals surface area contributed by atoms with Crippen molar-refractivity contribution in [1.29, 1.82) is 5.26 Å². The third kappa shape index (κ3) is 5.05. The predicted molar refractivity (Wildman–Crippen MR) is 119 cm³/mol. The van der Waals surface area contributed by atoms with Crippen molar-refractivity contribution in [3.05, 3.63) is 23.7 Å². The van der Waals surface area contributed by atoms with Gasteiger partial charge in [0, 0.05) is 29.9 Å². The molecule has 0 bridgehead atoms. The molecule has 1 aliphatic heterocycles. The van der Waals surface area contributed by atoms with Crippen LogP contribution in [0.15, 0.2) is 12.4 Å². The normalized spacial score (nSPS) is 20.1. The zero-order chi connectivity index (χ0) is 26.1. The summed E-state index contributed by atoms with van der Waals surface area (Å²) in [5.41, 5.74) is 0.0633. The molecule has 1 saturated heterocycles. The second-order valence-electron chi connectivity index (χ2n) is 8.77. The molecule has 0 spiro atoms. The fourth-order valence-corrected chi connectivity index (χ4v) is 4.74. The van der Waals surface area contributed by atoms with Crippen LogP contribution < -0.4 is 10.6 Å². The van der Waals surface area contributed by atoms with Gasteiger partial charge in [0.15, 0.2) is 0 Å². The molecule has 1 unspecified atom stereocenters. The number of likely N-dealkylation sites (tertiary alicyclic amines) is 1. The topological polar surface area (TPSA) is 128 Å². The molecule has 3 rings (SSSR count). The number of carbonyl (C=O) groups is 3. The highest BCUT2D eigenvalue weighted by atomic mass is 32.1. The number of nitrogens with one attached hydrogen (secondary N) is 2. The number of halogens is 3. The van der Waals surface area contributed by atoms with Crippen molar-refractivity contribution in [2.45, 2.75) is 39.0 Å². The number of aromatic nitrogens is 2. The van der Waals surface area contributed by atoms with Crippen LogP contribution in [0.4, 0.5) is 13.2 Å². The van der Waals surface area contributed by atoms with Gasteiger partial charge in [0.1, 0.15) is 17.8 Å². The SMILES string of the molecule is C#Cc1nsc2cncc(C(C#N)NC(=O)[C@@H]3[C@H](C)C(C)(C)CN3C(=O)CNC(=O)C(F)(F)F)c12. The van der Waals surface area contributed by atoms with E-state index >= 15 is 0 Å². The molecule has 3 amide bonds. The van der Waals surface area contributed by atoms with Crippen LogP contribution >= 0.6 is 11.5 Å². The van der Waals surface area contributed by atoms with Crippen molar-refractivity contribution >= 4 is 39.3 Å². The monoisotopic (exact) mass is 506 g/mol. The Morgan fingerprint density at radius 1 is 1.37 bits per heavy atom. The third-order valence-electron chi connectivity index (χ3n) is 6.14. The molecular weight excluding hydrogens is 485 g/mol. The lowest BCUT2D eigenvalue weighted by molar-refractivity contribution is -0.174. The minimum absolute atomic E-state index is 0.0665. The number of pyridine rings is 1. The van der Waals surface area contributed by atoms with Crippen molar-refractivity contribution < 1.29 is 27.6 Å². The second-order valence-corrected chi connectivity index (χ2v) is 9.58. The molecule has 0 aromatic carbocycles. The highest BCUT2D eigenvalue weighted by Gasteiger charge is 2.50. The van der Waals surface area contributed by atoms with Gasteiger partial charge in [-0.2, -0.15) is 22.8 Å². The Kier molecular flexibility index (Phi) is 7.03. The minimum atomic E-state index is -5.14. The molecule has 2 aromatic rings. The quantitative estimate of drug-likeness (QED) is 0.597. The fraction of sp³-hybridized carbons (Fsp3) is 0.455. The lowest BCUT2D eigenvalue weighted by Crippen LogP contribution is -2.52. The molecule has 0 aliphatic carbocycles. The molecule has 35 heavy (non-hydrogen) atoms. The number of fused-ring (bicyclic) bond motifs is 1. The van der Waals surface area contributed by atoms with Crippen LogP contribution in [-0.2, 0) is 14.4 Å². The van der Waals surface area contributed by atoms with E-state index in [4.69, 9.17) is 6.42 Å². The van der Waals surface area contributed by atoms with Crippen LogP contribution in [0.3, 0.4) is 0 Å². The molecule has 9 nitrogen and oxygen atoms in total. The lowest BCUT2D eigenvalue weighted by atomic mass is 9.80. The first kappa shape index (κ1) is 25.9. The van der Waals surface area contributed by atoms with Gasteiger partial charge in [-0.1, -0.05) is 20.8 Å². The van der Waals surface area contributed by atoms with Gasteiger partial charge >= 0.3 is 12.1 Å². The Morgan fingerprint density at radius 3 is 2.66 bits per heavy atom. The number of hydrogen-bond donors (Lipinski definition) is 2. The van der Waals surface area contributed by atoms with Crippen molar-refractivity contribution in [3.8, 4) is 18.4 Å². The fourth-order valence-electron chi connectivity index (χ4n) is 3.99. The zero-order valence-electron chi connectivity index (χ0n) is 18.9. The van der Waals surface area contributed by atoms with E-state index in [1.54, 1.807) is 6.92 Å². The van der Waals surface area contributed by atoms with Gasteiger partial charge in [-0.05, 0) is 28.8 Å². The molecule has 1 fully saturated rings. The summed E-state index contributed by atoms with van der Waals surface area (Å²) in [7, 11) is 0. The minimum Gasteiger partial charge on any atom is -0.339 e. The number of amides is 3. The maximum absolute atomic E-state index is 13.3. The lowest BCUT2D eigenvalue weighted by Gasteiger charge is -2.27. The van der Waals surface area contributed by atoms with Crippen LogP contribution in [-0.4, -0.2) is 57.3 Å². The molecule has 3 atom stereocenters. The van der Waals surface area contributed by atoms with Gasteiger partial charge in [-0.25, -0.2) is 0 Å². The summed E-state index contributed by atoms with van der Waals surface area (Å²) in [4.78, 5) is 42.4. The number of nitrogens with zero attached hydrogens (tertiary/aromatic N) is 4. The third-order valence-corrected chi connectivity index (χ3v) is 6.92. The highest BCUT2D eigenvalue weighted by molar-refractivity contribution is 7.13. The Morgan fingerprint density at radius 2 is 2.06 bits per heavy atom. The Labute approximate surface area is 202 Å². The van der Waals surface area contributed by atoms with Gasteiger partial charge in [0.05, 0.1) is 17.3 Å². The van der Waals surface area contributed by atoms with Crippen LogP contribution in [0.2, 0.25) is 0 Å². The molecule has 0 saturated carbocycles. The first-order valence-corrected chi connectivity index (χ1v) is 11.1. The molecule has 184 valence electrons. The van der Waals surface area contributed by atoms with E-state index in [-0.39, 0.29) is 6.54 Å². The first-order chi connectivity index (χ1) is 16.3. The van der Waals surface area contributed by atoms with Gasteiger partial charge in [-0.15, -0.1) is 6.42 Å². The maximum Gasteiger partial charge on any atom is 0.471 e. The summed E-state index contributed by atoms with van der Waals surface area (Å²) in [6.45, 7) is 4.48. The van der Waals surface area contributed by atoms with Gasteiger partial charge in [-0.3, -0.25) is 19.4 Å². The molecule has 2 aromatic heterocycles. The Hall–Kier alpha value is -3.71. The number of nitriles is 1. The number of alkyl halides is 3. The van der Waals surface area contributed by atoms with E-state index in [1.165, 1.54) is 17.7 Å². The van der Waals surface area contributed by atoms with Crippen LogP contribution in [0, 0.1) is 35.0 Å². The number of terminal acetylenes is 1. The smallest absolute Gasteiger partial charge is 0.339 e. The van der Waals surface area contributed by atoms with Crippen LogP contribution in [0.5, 0.6) is 0 Å². The van der Waals surface area contributed by atoms with E-state index < -0.39 is 53.9 Å². The molecule has 2 N–H and O–H groups in total. The average molecular weight is 507 g/mol. The molecule has 3 heterocycles. The van der Waals surface area contributed by atoms with E-state index in [1.807, 2.05) is 19.9 Å². The number of carbonyl (C=O) groups excluding carboxylic acids is 3. The largest absolute Gasteiger partial charge is 0.471 e. The Bertz CT molecular complexity index is 1260. The van der Waals surface area contributed by atoms with Crippen molar-refractivity contribution in [2.24, 2.45) is 11.3 Å². The average Bonchev–Trinajstić information content (AvgIpc) is 3.32. The molecule has 1 aliphatic rings. The van der Waals surface area contributed by atoms with Crippen LogP contribution in [0.1, 0.15) is 38.1 Å². The Balaban J connectivity index is 1.86. The van der Waals surface area contributed by atoms with Crippen molar-refractivity contribution in [1.82, 2.24) is 24.9 Å². The van der Waals surface area contributed by atoms with E-state index in [0.29, 0.717) is 21.3 Å². The summed E-state index contributed by atoms with van der Waals surface area (Å²) in [5.74, 6) is -1.76.